The smallest absolute Gasteiger partial charge is 0.416 e. The number of amides is 2. The van der Waals surface area contributed by atoms with E-state index < -0.39 is 23.2 Å². The summed E-state index contributed by atoms with van der Waals surface area (Å²) in [5, 5.41) is 3.59. The van der Waals surface area contributed by atoms with Crippen LogP contribution in [0.25, 0.3) is 17.0 Å². The zero-order valence-electron chi connectivity index (χ0n) is 21.4. The van der Waals surface area contributed by atoms with Crippen LogP contribution in [-0.2, 0) is 15.7 Å². The number of alkyl halides is 3. The Labute approximate surface area is 218 Å². The Morgan fingerprint density at radius 2 is 1.63 bits per heavy atom. The Morgan fingerprint density at radius 3 is 2.26 bits per heavy atom. The van der Waals surface area contributed by atoms with Crippen molar-refractivity contribution in [3.8, 4) is 0 Å². The molecule has 1 aromatic heterocycles. The molecule has 2 amide bonds. The summed E-state index contributed by atoms with van der Waals surface area (Å²) in [5.41, 5.74) is 0.537. The van der Waals surface area contributed by atoms with Crippen LogP contribution >= 0.6 is 0 Å². The van der Waals surface area contributed by atoms with Gasteiger partial charge >= 0.3 is 12.3 Å². The number of ether oxygens (including phenoxy) is 1. The number of pyridine rings is 1. The third kappa shape index (κ3) is 7.02. The maximum atomic E-state index is 12.7. The fourth-order valence-corrected chi connectivity index (χ4v) is 3.95. The molecule has 0 saturated carbocycles. The van der Waals surface area contributed by atoms with Gasteiger partial charge in [0.1, 0.15) is 11.4 Å². The standard InChI is InChI=1S/C28H29F3N4O3/c1-27(2,3)38-26(37)35-16-14-34(15-17-35)24-12-7-20-18-22(10-11-23(20)33-24)32-25(36)13-6-19-4-8-21(9-5-19)28(29,30)31/h4-13,18H,14-17H2,1-3H3,(H,32,36)/b13-6+. The first-order valence-electron chi connectivity index (χ1n) is 12.2. The highest BCUT2D eigenvalue weighted by Gasteiger charge is 2.30. The molecule has 1 N–H and O–H groups in total. The molecule has 0 radical (unpaired) electrons. The molecule has 0 atom stereocenters. The second kappa shape index (κ2) is 10.7. The fourth-order valence-electron chi connectivity index (χ4n) is 3.95. The van der Waals surface area contributed by atoms with Crippen molar-refractivity contribution in [3.05, 3.63) is 71.8 Å². The van der Waals surface area contributed by atoms with E-state index in [2.05, 4.69) is 10.2 Å². The maximum absolute atomic E-state index is 12.7. The molecular weight excluding hydrogens is 497 g/mol. The van der Waals surface area contributed by atoms with E-state index in [0.717, 1.165) is 28.9 Å². The molecule has 200 valence electrons. The van der Waals surface area contributed by atoms with Crippen molar-refractivity contribution in [2.24, 2.45) is 0 Å². The van der Waals surface area contributed by atoms with Gasteiger partial charge in [-0.1, -0.05) is 12.1 Å². The van der Waals surface area contributed by atoms with Gasteiger partial charge in [0, 0.05) is 43.3 Å². The molecule has 0 aliphatic carbocycles. The first-order chi connectivity index (χ1) is 17.9. The average molecular weight is 527 g/mol. The van der Waals surface area contributed by atoms with Gasteiger partial charge in [-0.25, -0.2) is 9.78 Å². The third-order valence-electron chi connectivity index (χ3n) is 5.86. The Bertz CT molecular complexity index is 1340. The van der Waals surface area contributed by atoms with Gasteiger partial charge in [-0.05, 0) is 74.9 Å². The van der Waals surface area contributed by atoms with Gasteiger partial charge in [-0.3, -0.25) is 4.79 Å². The van der Waals surface area contributed by atoms with Crippen molar-refractivity contribution in [2.45, 2.75) is 32.5 Å². The van der Waals surface area contributed by atoms with Crippen molar-refractivity contribution in [1.29, 1.82) is 0 Å². The molecule has 1 fully saturated rings. The highest BCUT2D eigenvalue weighted by Crippen LogP contribution is 2.29. The summed E-state index contributed by atoms with van der Waals surface area (Å²) >= 11 is 0. The van der Waals surface area contributed by atoms with E-state index in [0.29, 0.717) is 37.4 Å². The minimum atomic E-state index is -4.40. The normalized spacial score (nSPS) is 14.7. The number of benzene rings is 2. The Kier molecular flexibility index (Phi) is 7.61. The first-order valence-corrected chi connectivity index (χ1v) is 12.2. The number of hydrogen-bond donors (Lipinski definition) is 1. The molecule has 4 rings (SSSR count). The first kappa shape index (κ1) is 27.0. The van der Waals surface area contributed by atoms with Crippen LogP contribution in [0.1, 0.15) is 31.9 Å². The Hall–Kier alpha value is -4.08. The van der Waals surface area contributed by atoms with Crippen LogP contribution < -0.4 is 10.2 Å². The monoisotopic (exact) mass is 526 g/mol. The van der Waals surface area contributed by atoms with Gasteiger partial charge in [-0.15, -0.1) is 0 Å². The highest BCUT2D eigenvalue weighted by atomic mass is 19.4. The number of nitrogens with zero attached hydrogens (tertiary/aromatic N) is 3. The molecule has 0 unspecified atom stereocenters. The summed E-state index contributed by atoms with van der Waals surface area (Å²) in [7, 11) is 0. The van der Waals surface area contributed by atoms with Crippen LogP contribution in [0.4, 0.5) is 29.5 Å². The van der Waals surface area contributed by atoms with Gasteiger partial charge in [0.15, 0.2) is 0 Å². The number of aromatic nitrogens is 1. The van der Waals surface area contributed by atoms with Crippen LogP contribution in [0.15, 0.2) is 60.7 Å². The van der Waals surface area contributed by atoms with E-state index in [-0.39, 0.29) is 6.09 Å². The Balaban J connectivity index is 1.35. The quantitative estimate of drug-likeness (QED) is 0.425. The van der Waals surface area contributed by atoms with Crippen LogP contribution in [0.2, 0.25) is 0 Å². The number of anilines is 2. The van der Waals surface area contributed by atoms with Crippen molar-refractivity contribution in [3.63, 3.8) is 0 Å². The van der Waals surface area contributed by atoms with Crippen LogP contribution in [0.3, 0.4) is 0 Å². The summed E-state index contributed by atoms with van der Waals surface area (Å²) < 4.78 is 43.5. The lowest BCUT2D eigenvalue weighted by Gasteiger charge is -2.36. The molecule has 3 aromatic rings. The zero-order chi connectivity index (χ0) is 27.5. The number of rotatable bonds is 4. The second-order valence-corrected chi connectivity index (χ2v) is 9.97. The van der Waals surface area contributed by atoms with Gasteiger partial charge in [-0.2, -0.15) is 13.2 Å². The van der Waals surface area contributed by atoms with Crippen LogP contribution in [-0.4, -0.2) is 53.7 Å². The SMILES string of the molecule is CC(C)(C)OC(=O)N1CCN(c2ccc3cc(NC(=O)/C=C/c4ccc(C(F)(F)F)cc4)ccc3n2)CC1. The van der Waals surface area contributed by atoms with E-state index in [9.17, 15) is 22.8 Å². The van der Waals surface area contributed by atoms with Crippen LogP contribution in [0.5, 0.6) is 0 Å². The largest absolute Gasteiger partial charge is 0.444 e. The summed E-state index contributed by atoms with van der Waals surface area (Å²) in [6.45, 7) is 7.89. The molecule has 2 heterocycles. The number of nitrogens with one attached hydrogen (secondary N) is 1. The molecular formula is C28H29F3N4O3. The van der Waals surface area contributed by atoms with E-state index in [1.54, 1.807) is 17.0 Å². The van der Waals surface area contributed by atoms with Gasteiger partial charge in [0.2, 0.25) is 5.91 Å². The number of carbonyl (C=O) groups is 2. The number of halogens is 3. The minimum absolute atomic E-state index is 0.313. The van der Waals surface area contributed by atoms with Crippen LogP contribution in [0, 0.1) is 0 Å². The fraction of sp³-hybridized carbons (Fsp3) is 0.321. The predicted octanol–water partition coefficient (Wildman–Crippen LogP) is 5.96. The van der Waals surface area contributed by atoms with E-state index in [1.807, 2.05) is 39.0 Å². The van der Waals surface area contributed by atoms with Gasteiger partial charge in [0.25, 0.3) is 0 Å². The maximum Gasteiger partial charge on any atom is 0.416 e. The van der Waals surface area contributed by atoms with Crippen molar-refractivity contribution < 1.29 is 27.5 Å². The molecule has 1 saturated heterocycles. The van der Waals surface area contributed by atoms with E-state index >= 15 is 0 Å². The lowest BCUT2D eigenvalue weighted by molar-refractivity contribution is -0.137. The predicted molar refractivity (Wildman–Crippen MR) is 141 cm³/mol. The highest BCUT2D eigenvalue weighted by molar-refractivity contribution is 6.03. The third-order valence-corrected chi connectivity index (χ3v) is 5.86. The van der Waals surface area contributed by atoms with Crippen molar-refractivity contribution in [1.82, 2.24) is 9.88 Å². The molecule has 38 heavy (non-hydrogen) atoms. The molecule has 0 bridgehead atoms. The molecule has 1 aliphatic heterocycles. The van der Waals surface area contributed by atoms with Gasteiger partial charge < -0.3 is 19.9 Å². The summed E-state index contributed by atoms with van der Waals surface area (Å²) in [4.78, 5) is 33.2. The second-order valence-electron chi connectivity index (χ2n) is 9.97. The number of piperazine rings is 1. The number of carbonyl (C=O) groups excluding carboxylic acids is 2. The summed E-state index contributed by atoms with van der Waals surface area (Å²) in [6, 6.07) is 13.7. The average Bonchev–Trinajstić information content (AvgIpc) is 2.86. The molecule has 2 aromatic carbocycles. The van der Waals surface area contributed by atoms with E-state index in [1.165, 1.54) is 24.3 Å². The molecule has 1 aliphatic rings. The van der Waals surface area contributed by atoms with Crippen molar-refractivity contribution in [2.75, 3.05) is 36.4 Å². The summed E-state index contributed by atoms with van der Waals surface area (Å²) in [6.07, 6.45) is -1.99. The topological polar surface area (TPSA) is 74.8 Å². The van der Waals surface area contributed by atoms with E-state index in [4.69, 9.17) is 9.72 Å². The zero-order valence-corrected chi connectivity index (χ0v) is 21.4. The Morgan fingerprint density at radius 1 is 0.947 bits per heavy atom. The number of hydrogen-bond acceptors (Lipinski definition) is 5. The summed E-state index contributed by atoms with van der Waals surface area (Å²) in [5.74, 6) is 0.397. The van der Waals surface area contributed by atoms with Gasteiger partial charge in [0.05, 0.1) is 11.1 Å². The number of fused-ring (bicyclic) bond motifs is 1. The lowest BCUT2D eigenvalue weighted by atomic mass is 10.1. The molecule has 0 spiro atoms. The molecule has 7 nitrogen and oxygen atoms in total. The lowest BCUT2D eigenvalue weighted by Crippen LogP contribution is -2.50. The van der Waals surface area contributed by atoms with Crippen molar-refractivity contribution >= 4 is 40.5 Å². The molecule has 10 heteroatoms. The minimum Gasteiger partial charge on any atom is -0.444 e.